The third kappa shape index (κ3) is 6.25. The number of carbonyl (C=O) groups is 1. The highest BCUT2D eigenvalue weighted by Gasteiger charge is 2.38. The van der Waals surface area contributed by atoms with Crippen molar-refractivity contribution in [3.8, 4) is 0 Å². The third-order valence-electron chi connectivity index (χ3n) is 4.06. The molecule has 116 valence electrons. The number of hydrogen-bond donors (Lipinski definition) is 0. The van der Waals surface area contributed by atoms with E-state index in [1.807, 2.05) is 6.92 Å². The van der Waals surface area contributed by atoms with E-state index in [4.69, 9.17) is 4.74 Å². The van der Waals surface area contributed by atoms with Crippen LogP contribution in [0.3, 0.4) is 0 Å². The lowest BCUT2D eigenvalue weighted by atomic mass is 9.90. The van der Waals surface area contributed by atoms with Crippen molar-refractivity contribution >= 4 is 14.0 Å². The van der Waals surface area contributed by atoms with E-state index in [9.17, 15) is 4.79 Å². The standard InChI is InChI=1S/C17H32O2Si/c1-7-19-16(18)11-15-13-17(2,3)12-14(15)9-8-10-20(4,5)6/h8-9,14-15H,7,10-13H2,1-6H3/b9-8+/t14-,15+/m1/s1. The minimum absolute atomic E-state index is 0.0289. The molecule has 0 radical (unpaired) electrons. The highest BCUT2D eigenvalue weighted by atomic mass is 28.3. The van der Waals surface area contributed by atoms with Crippen LogP contribution in [0.15, 0.2) is 12.2 Å². The van der Waals surface area contributed by atoms with Crippen molar-refractivity contribution in [3.05, 3.63) is 12.2 Å². The minimum Gasteiger partial charge on any atom is -0.466 e. The Balaban J connectivity index is 2.63. The fourth-order valence-electron chi connectivity index (χ4n) is 3.23. The zero-order valence-corrected chi connectivity index (χ0v) is 15.2. The lowest BCUT2D eigenvalue weighted by Crippen LogP contribution is -2.18. The van der Waals surface area contributed by atoms with Crippen LogP contribution in [0.1, 0.15) is 40.0 Å². The van der Waals surface area contributed by atoms with Crippen LogP contribution in [0.2, 0.25) is 25.7 Å². The van der Waals surface area contributed by atoms with E-state index >= 15 is 0 Å². The van der Waals surface area contributed by atoms with Crippen molar-refractivity contribution in [1.29, 1.82) is 0 Å². The Morgan fingerprint density at radius 3 is 2.50 bits per heavy atom. The molecular formula is C17H32O2Si. The van der Waals surface area contributed by atoms with Gasteiger partial charge in [0.25, 0.3) is 0 Å². The summed E-state index contributed by atoms with van der Waals surface area (Å²) in [6, 6.07) is 1.23. The van der Waals surface area contributed by atoms with Gasteiger partial charge in [0.05, 0.1) is 6.61 Å². The first-order valence-corrected chi connectivity index (χ1v) is 11.7. The molecule has 0 heterocycles. The molecule has 1 fully saturated rings. The van der Waals surface area contributed by atoms with Crippen LogP contribution in [0, 0.1) is 17.3 Å². The van der Waals surface area contributed by atoms with E-state index in [-0.39, 0.29) is 5.97 Å². The molecule has 0 aliphatic heterocycles. The van der Waals surface area contributed by atoms with Gasteiger partial charge in [-0.15, -0.1) is 0 Å². The van der Waals surface area contributed by atoms with Crippen molar-refractivity contribution in [2.24, 2.45) is 17.3 Å². The van der Waals surface area contributed by atoms with Crippen molar-refractivity contribution in [3.63, 3.8) is 0 Å². The van der Waals surface area contributed by atoms with Crippen molar-refractivity contribution in [2.75, 3.05) is 6.61 Å². The second-order valence-electron chi connectivity index (χ2n) is 8.20. The molecule has 1 aliphatic rings. The van der Waals surface area contributed by atoms with Crippen LogP contribution in [-0.4, -0.2) is 20.7 Å². The summed E-state index contributed by atoms with van der Waals surface area (Å²) in [5.74, 6) is 0.978. The first kappa shape index (κ1) is 17.5. The van der Waals surface area contributed by atoms with Gasteiger partial charge in [-0.3, -0.25) is 4.79 Å². The summed E-state index contributed by atoms with van der Waals surface area (Å²) < 4.78 is 5.12. The van der Waals surface area contributed by atoms with Gasteiger partial charge >= 0.3 is 5.97 Å². The molecule has 0 amide bonds. The molecule has 0 aromatic rings. The van der Waals surface area contributed by atoms with Crippen LogP contribution >= 0.6 is 0 Å². The molecule has 20 heavy (non-hydrogen) atoms. The Morgan fingerprint density at radius 2 is 1.95 bits per heavy atom. The zero-order chi connectivity index (χ0) is 15.4. The van der Waals surface area contributed by atoms with Crippen LogP contribution in [0.25, 0.3) is 0 Å². The molecule has 0 N–H and O–H groups in total. The molecule has 3 heteroatoms. The highest BCUT2D eigenvalue weighted by Crippen LogP contribution is 2.47. The Bertz CT molecular complexity index is 352. The third-order valence-corrected chi connectivity index (χ3v) is 5.52. The topological polar surface area (TPSA) is 26.3 Å². The number of allylic oxidation sites excluding steroid dienone is 2. The summed E-state index contributed by atoms with van der Waals surface area (Å²) in [4.78, 5) is 11.7. The van der Waals surface area contributed by atoms with Gasteiger partial charge in [-0.25, -0.2) is 0 Å². The number of carbonyl (C=O) groups excluding carboxylic acids is 1. The van der Waals surface area contributed by atoms with Gasteiger partial charge < -0.3 is 4.74 Å². The smallest absolute Gasteiger partial charge is 0.306 e. The first-order chi connectivity index (χ1) is 9.13. The average Bonchev–Trinajstić information content (AvgIpc) is 2.51. The van der Waals surface area contributed by atoms with Gasteiger partial charge in [-0.05, 0) is 43.1 Å². The fourth-order valence-corrected chi connectivity index (χ4v) is 4.07. The maximum Gasteiger partial charge on any atom is 0.306 e. The lowest BCUT2D eigenvalue weighted by Gasteiger charge is -2.16. The molecule has 1 rings (SSSR count). The molecular weight excluding hydrogens is 264 g/mol. The van der Waals surface area contributed by atoms with E-state index < -0.39 is 8.07 Å². The maximum absolute atomic E-state index is 11.7. The SMILES string of the molecule is CCOC(=O)C[C@H]1CC(C)(C)C[C@H]1/C=C/C[Si](C)(C)C. The molecule has 0 bridgehead atoms. The molecule has 0 unspecified atom stereocenters. The zero-order valence-electron chi connectivity index (χ0n) is 14.2. The van der Waals surface area contributed by atoms with Gasteiger partial charge in [0.15, 0.2) is 0 Å². The molecule has 0 aromatic carbocycles. The number of hydrogen-bond acceptors (Lipinski definition) is 2. The van der Waals surface area contributed by atoms with Crippen LogP contribution < -0.4 is 0 Å². The predicted octanol–water partition coefficient (Wildman–Crippen LogP) is 4.89. The summed E-state index contributed by atoms with van der Waals surface area (Å²) in [5.41, 5.74) is 0.353. The summed E-state index contributed by atoms with van der Waals surface area (Å²) in [5, 5.41) is 0. The predicted molar refractivity (Wildman–Crippen MR) is 88.5 cm³/mol. The van der Waals surface area contributed by atoms with Crippen molar-refractivity contribution < 1.29 is 9.53 Å². The minimum atomic E-state index is -1.01. The summed E-state index contributed by atoms with van der Waals surface area (Å²) in [6.45, 7) is 14.2. The molecule has 1 aliphatic carbocycles. The average molecular weight is 297 g/mol. The Kier molecular flexibility index (Phi) is 6.05. The number of rotatable bonds is 6. The highest BCUT2D eigenvalue weighted by molar-refractivity contribution is 6.76. The van der Waals surface area contributed by atoms with E-state index in [2.05, 4.69) is 45.6 Å². The fraction of sp³-hybridized carbons (Fsp3) is 0.824. The Labute approximate surface area is 126 Å². The van der Waals surface area contributed by atoms with Gasteiger partial charge in [0, 0.05) is 14.5 Å². The Morgan fingerprint density at radius 1 is 1.30 bits per heavy atom. The van der Waals surface area contributed by atoms with E-state index in [0.717, 1.165) is 6.42 Å². The maximum atomic E-state index is 11.7. The van der Waals surface area contributed by atoms with E-state index in [1.54, 1.807) is 0 Å². The molecule has 2 nitrogen and oxygen atoms in total. The number of esters is 1. The second-order valence-corrected chi connectivity index (χ2v) is 13.7. The van der Waals surface area contributed by atoms with Crippen molar-refractivity contribution in [2.45, 2.75) is 65.7 Å². The molecule has 0 aromatic heterocycles. The number of ether oxygens (including phenoxy) is 1. The monoisotopic (exact) mass is 296 g/mol. The van der Waals surface area contributed by atoms with Crippen LogP contribution in [-0.2, 0) is 9.53 Å². The van der Waals surface area contributed by atoms with Crippen molar-refractivity contribution in [1.82, 2.24) is 0 Å². The van der Waals surface area contributed by atoms with Crippen LogP contribution in [0.4, 0.5) is 0 Å². The molecule has 0 saturated heterocycles. The van der Waals surface area contributed by atoms with Crippen LogP contribution in [0.5, 0.6) is 0 Å². The Hall–Kier alpha value is -0.573. The second kappa shape index (κ2) is 6.93. The summed E-state index contributed by atoms with van der Waals surface area (Å²) >= 11 is 0. The summed E-state index contributed by atoms with van der Waals surface area (Å²) in [6.07, 6.45) is 7.67. The van der Waals surface area contributed by atoms with E-state index in [1.165, 1.54) is 12.5 Å². The lowest BCUT2D eigenvalue weighted by molar-refractivity contribution is -0.144. The first-order valence-electron chi connectivity index (χ1n) is 7.95. The summed E-state index contributed by atoms with van der Waals surface area (Å²) in [7, 11) is -1.01. The van der Waals surface area contributed by atoms with Gasteiger partial charge in [0.2, 0.25) is 0 Å². The quantitative estimate of drug-likeness (QED) is 0.396. The molecule has 1 saturated carbocycles. The van der Waals surface area contributed by atoms with E-state index in [0.29, 0.717) is 30.3 Å². The largest absolute Gasteiger partial charge is 0.466 e. The van der Waals surface area contributed by atoms with Gasteiger partial charge in [-0.1, -0.05) is 45.6 Å². The normalized spacial score (nSPS) is 26.1. The van der Waals surface area contributed by atoms with Gasteiger partial charge in [0.1, 0.15) is 0 Å². The van der Waals surface area contributed by atoms with Gasteiger partial charge in [-0.2, -0.15) is 0 Å². The molecule has 0 spiro atoms. The molecule has 2 atom stereocenters.